The van der Waals surface area contributed by atoms with Crippen LogP contribution in [0.15, 0.2) is 42.5 Å². The van der Waals surface area contributed by atoms with Gasteiger partial charge in [-0.3, -0.25) is 29.3 Å². The highest BCUT2D eigenvalue weighted by Crippen LogP contribution is 2.20. The van der Waals surface area contributed by atoms with E-state index in [4.69, 9.17) is 27.9 Å². The van der Waals surface area contributed by atoms with E-state index in [1.54, 1.807) is 0 Å². The fraction of sp³-hybridized carbons (Fsp3) is 0.158. The number of ether oxygens (including phenoxy) is 1. The quantitative estimate of drug-likeness (QED) is 0.279. The average Bonchev–Trinajstić information content (AvgIpc) is 2.75. The topological polar surface area (TPSA) is 157 Å². The summed E-state index contributed by atoms with van der Waals surface area (Å²) in [6.07, 6.45) is 0. The van der Waals surface area contributed by atoms with Crippen molar-refractivity contribution in [2.45, 2.75) is 0 Å². The first-order valence-corrected chi connectivity index (χ1v) is 9.61. The fourth-order valence-electron chi connectivity index (χ4n) is 2.22. The van der Waals surface area contributed by atoms with Gasteiger partial charge in [0.05, 0.1) is 22.1 Å². The molecule has 0 spiro atoms. The van der Waals surface area contributed by atoms with Crippen LogP contribution < -0.4 is 16.0 Å². The Bertz CT molecular complexity index is 1040. The number of hydrogen-bond acceptors (Lipinski definition) is 7. The number of non-ortho nitro benzene ring substituents is 1. The monoisotopic (exact) mass is 482 g/mol. The van der Waals surface area contributed by atoms with Crippen LogP contribution in [0.5, 0.6) is 0 Å². The van der Waals surface area contributed by atoms with E-state index >= 15 is 0 Å². The molecule has 11 nitrogen and oxygen atoms in total. The first kappa shape index (κ1) is 24.6. The second kappa shape index (κ2) is 11.6. The number of benzene rings is 2. The van der Waals surface area contributed by atoms with Gasteiger partial charge in [-0.05, 0) is 30.3 Å². The van der Waals surface area contributed by atoms with Crippen LogP contribution in [0.2, 0.25) is 10.0 Å². The van der Waals surface area contributed by atoms with Crippen LogP contribution in [0.3, 0.4) is 0 Å². The van der Waals surface area contributed by atoms with E-state index < -0.39 is 48.3 Å². The van der Waals surface area contributed by atoms with Crippen molar-refractivity contribution in [3.63, 3.8) is 0 Å². The molecule has 0 radical (unpaired) electrons. The number of nitrogens with zero attached hydrogens (tertiary/aromatic N) is 1. The lowest BCUT2D eigenvalue weighted by atomic mass is 10.2. The van der Waals surface area contributed by atoms with Crippen LogP contribution in [-0.2, 0) is 19.1 Å². The molecule has 0 unspecified atom stereocenters. The molecule has 3 N–H and O–H groups in total. The molecule has 0 heterocycles. The number of nitro groups is 1. The van der Waals surface area contributed by atoms with Crippen LogP contribution in [-0.4, -0.2) is 48.3 Å². The number of anilines is 1. The molecule has 0 saturated carbocycles. The number of amides is 3. The molecular weight excluding hydrogens is 467 g/mol. The van der Waals surface area contributed by atoms with Gasteiger partial charge in [0.15, 0.2) is 6.61 Å². The average molecular weight is 483 g/mol. The van der Waals surface area contributed by atoms with Gasteiger partial charge in [0.1, 0.15) is 6.54 Å². The number of rotatable bonds is 9. The van der Waals surface area contributed by atoms with Gasteiger partial charge >= 0.3 is 5.97 Å². The number of halogens is 2. The summed E-state index contributed by atoms with van der Waals surface area (Å²) in [7, 11) is 0. The Morgan fingerprint density at radius 1 is 0.938 bits per heavy atom. The van der Waals surface area contributed by atoms with Gasteiger partial charge in [0.2, 0.25) is 5.91 Å². The Morgan fingerprint density at radius 2 is 1.62 bits per heavy atom. The van der Waals surface area contributed by atoms with Gasteiger partial charge in [0.25, 0.3) is 17.5 Å². The third-order valence-electron chi connectivity index (χ3n) is 3.74. The molecule has 168 valence electrons. The minimum absolute atomic E-state index is 0.117. The number of esters is 1. The Kier molecular flexibility index (Phi) is 8.93. The van der Waals surface area contributed by atoms with E-state index in [1.165, 1.54) is 42.5 Å². The Labute approximate surface area is 191 Å². The van der Waals surface area contributed by atoms with Gasteiger partial charge in [0, 0.05) is 22.8 Å². The normalized spacial score (nSPS) is 10.1. The Balaban J connectivity index is 1.67. The summed E-state index contributed by atoms with van der Waals surface area (Å²) in [5.41, 5.74) is 0.265. The molecule has 0 saturated heterocycles. The van der Waals surface area contributed by atoms with Gasteiger partial charge in [-0.15, -0.1) is 0 Å². The number of nitrogens with one attached hydrogen (secondary N) is 3. The largest absolute Gasteiger partial charge is 0.454 e. The molecule has 0 aliphatic carbocycles. The minimum atomic E-state index is -0.885. The summed E-state index contributed by atoms with van der Waals surface area (Å²) in [5, 5.41) is 18.0. The van der Waals surface area contributed by atoms with E-state index in [1.807, 2.05) is 0 Å². The molecule has 2 aromatic carbocycles. The van der Waals surface area contributed by atoms with Crippen molar-refractivity contribution in [1.82, 2.24) is 10.6 Å². The van der Waals surface area contributed by atoms with Gasteiger partial charge < -0.3 is 20.7 Å². The van der Waals surface area contributed by atoms with Crippen LogP contribution in [0, 0.1) is 10.1 Å². The van der Waals surface area contributed by atoms with Crippen LogP contribution in [0.4, 0.5) is 11.4 Å². The highest BCUT2D eigenvalue weighted by atomic mass is 35.5. The molecule has 32 heavy (non-hydrogen) atoms. The molecule has 3 amide bonds. The summed E-state index contributed by atoms with van der Waals surface area (Å²) in [6.45, 7) is -1.58. The summed E-state index contributed by atoms with van der Waals surface area (Å²) >= 11 is 11.7. The Hall–Kier alpha value is -3.70. The summed E-state index contributed by atoms with van der Waals surface area (Å²) in [6, 6.07) is 9.31. The smallest absolute Gasteiger partial charge is 0.325 e. The predicted molar refractivity (Wildman–Crippen MR) is 114 cm³/mol. The highest BCUT2D eigenvalue weighted by Gasteiger charge is 2.14. The SMILES string of the molecule is O=C(CNC(=O)c1ccc(Cl)cc1Cl)NCC(=O)OCC(=O)Nc1ccc([N+](=O)[O-])cc1. The molecule has 0 bridgehead atoms. The molecule has 0 aliphatic heterocycles. The van der Waals surface area contributed by atoms with Crippen LogP contribution in [0.1, 0.15) is 10.4 Å². The predicted octanol–water partition coefficient (Wildman–Crippen LogP) is 1.93. The third-order valence-corrected chi connectivity index (χ3v) is 4.29. The van der Waals surface area contributed by atoms with Crippen molar-refractivity contribution in [2.24, 2.45) is 0 Å². The van der Waals surface area contributed by atoms with E-state index in [0.717, 1.165) is 0 Å². The molecule has 2 rings (SSSR count). The number of carbonyl (C=O) groups excluding carboxylic acids is 4. The first-order valence-electron chi connectivity index (χ1n) is 8.85. The van der Waals surface area contributed by atoms with Crippen molar-refractivity contribution in [3.05, 3.63) is 68.2 Å². The lowest BCUT2D eigenvalue weighted by Gasteiger charge is -2.09. The lowest BCUT2D eigenvalue weighted by Crippen LogP contribution is -2.39. The van der Waals surface area contributed by atoms with Gasteiger partial charge in [-0.2, -0.15) is 0 Å². The summed E-state index contributed by atoms with van der Waals surface area (Å²) in [4.78, 5) is 57.2. The number of hydrogen-bond donors (Lipinski definition) is 3. The van der Waals surface area contributed by atoms with E-state index in [0.29, 0.717) is 5.02 Å². The van der Waals surface area contributed by atoms with E-state index in [-0.39, 0.29) is 22.0 Å². The third kappa shape index (κ3) is 7.85. The molecule has 0 aliphatic rings. The maximum atomic E-state index is 12.0. The van der Waals surface area contributed by atoms with E-state index in [2.05, 4.69) is 16.0 Å². The van der Waals surface area contributed by atoms with Crippen molar-refractivity contribution >= 4 is 58.3 Å². The zero-order valence-corrected chi connectivity index (χ0v) is 17.7. The molecule has 0 fully saturated rings. The second-order valence-corrected chi connectivity index (χ2v) is 6.94. The maximum Gasteiger partial charge on any atom is 0.325 e. The van der Waals surface area contributed by atoms with E-state index in [9.17, 15) is 29.3 Å². The maximum absolute atomic E-state index is 12.0. The fourth-order valence-corrected chi connectivity index (χ4v) is 2.72. The summed E-state index contributed by atoms with van der Waals surface area (Å²) < 4.78 is 4.72. The highest BCUT2D eigenvalue weighted by molar-refractivity contribution is 6.36. The number of carbonyl (C=O) groups is 4. The lowest BCUT2D eigenvalue weighted by molar-refractivity contribution is -0.384. The van der Waals surface area contributed by atoms with Crippen molar-refractivity contribution in [3.8, 4) is 0 Å². The first-order chi connectivity index (χ1) is 15.2. The number of nitro benzene ring substituents is 1. The zero-order chi connectivity index (χ0) is 23.7. The van der Waals surface area contributed by atoms with Crippen molar-refractivity contribution < 1.29 is 28.8 Å². The second-order valence-electron chi connectivity index (χ2n) is 6.10. The van der Waals surface area contributed by atoms with Crippen LogP contribution >= 0.6 is 23.2 Å². The molecule has 0 aromatic heterocycles. The summed E-state index contributed by atoms with van der Waals surface area (Å²) in [5.74, 6) is -2.84. The zero-order valence-electron chi connectivity index (χ0n) is 16.2. The molecule has 2 aromatic rings. The minimum Gasteiger partial charge on any atom is -0.454 e. The van der Waals surface area contributed by atoms with Crippen LogP contribution in [0.25, 0.3) is 0 Å². The van der Waals surface area contributed by atoms with Crippen molar-refractivity contribution in [1.29, 1.82) is 0 Å². The van der Waals surface area contributed by atoms with Gasteiger partial charge in [-0.25, -0.2) is 0 Å². The van der Waals surface area contributed by atoms with Gasteiger partial charge in [-0.1, -0.05) is 23.2 Å². The molecular formula is C19H16Cl2N4O7. The Morgan fingerprint density at radius 3 is 2.25 bits per heavy atom. The standard InChI is InChI=1S/C19H16Cl2N4O7/c20-11-1-6-14(15(21)7-11)19(29)23-8-16(26)22-9-18(28)32-10-17(27)24-12-2-4-13(5-3-12)25(30)31/h1-7H,8-10H2,(H,22,26)(H,23,29)(H,24,27). The van der Waals surface area contributed by atoms with Crippen molar-refractivity contribution in [2.75, 3.05) is 25.0 Å². The molecule has 0 atom stereocenters. The molecule has 13 heteroatoms.